The summed E-state index contributed by atoms with van der Waals surface area (Å²) < 4.78 is 5.41. The lowest BCUT2D eigenvalue weighted by Gasteiger charge is -2.20. The molecule has 142 valence electrons. The standard InChI is InChI=1S/C21H19ClN4O2/c1-28-18-8-3-2-5-15(18)24-20-19-16(6-4-7-17(19)27)25-21(26-20)23-14-11-9-13(22)10-12-14/h2-3,5,8-12H,4,6-7H2,1H3,(H2,23,24,25,26). The molecule has 1 aliphatic carbocycles. The lowest BCUT2D eigenvalue weighted by molar-refractivity contribution is 0.0972. The molecule has 0 fully saturated rings. The fourth-order valence-electron chi connectivity index (χ4n) is 3.21. The molecule has 0 unspecified atom stereocenters. The zero-order valence-electron chi connectivity index (χ0n) is 15.3. The Morgan fingerprint density at radius 3 is 2.57 bits per heavy atom. The molecule has 1 heterocycles. The Balaban J connectivity index is 1.74. The summed E-state index contributed by atoms with van der Waals surface area (Å²) in [7, 11) is 1.61. The molecule has 0 aliphatic heterocycles. The Hall–Kier alpha value is -3.12. The second kappa shape index (κ2) is 7.86. The SMILES string of the molecule is COc1ccccc1Nc1nc(Nc2ccc(Cl)cc2)nc2c1C(=O)CCC2. The zero-order valence-corrected chi connectivity index (χ0v) is 16.1. The largest absolute Gasteiger partial charge is 0.495 e. The summed E-state index contributed by atoms with van der Waals surface area (Å²) in [6.45, 7) is 0. The molecule has 0 atom stereocenters. The van der Waals surface area contributed by atoms with Gasteiger partial charge in [-0.15, -0.1) is 0 Å². The number of rotatable bonds is 5. The van der Waals surface area contributed by atoms with E-state index >= 15 is 0 Å². The van der Waals surface area contributed by atoms with Gasteiger partial charge in [0, 0.05) is 17.1 Å². The number of nitrogens with zero attached hydrogens (tertiary/aromatic N) is 2. The predicted octanol–water partition coefficient (Wildman–Crippen LogP) is 5.14. The van der Waals surface area contributed by atoms with E-state index in [1.54, 1.807) is 19.2 Å². The highest BCUT2D eigenvalue weighted by molar-refractivity contribution is 6.30. The van der Waals surface area contributed by atoms with Crippen molar-refractivity contribution in [2.75, 3.05) is 17.7 Å². The first-order valence-corrected chi connectivity index (χ1v) is 9.38. The van der Waals surface area contributed by atoms with Crippen LogP contribution < -0.4 is 15.4 Å². The van der Waals surface area contributed by atoms with Crippen molar-refractivity contribution < 1.29 is 9.53 Å². The number of anilines is 4. The minimum absolute atomic E-state index is 0.0525. The Bertz CT molecular complexity index is 1020. The van der Waals surface area contributed by atoms with E-state index in [-0.39, 0.29) is 5.78 Å². The lowest BCUT2D eigenvalue weighted by Crippen LogP contribution is -2.18. The summed E-state index contributed by atoms with van der Waals surface area (Å²) >= 11 is 5.95. The molecule has 1 aliphatic rings. The maximum Gasteiger partial charge on any atom is 0.229 e. The van der Waals surface area contributed by atoms with Crippen LogP contribution in [0.25, 0.3) is 0 Å². The first-order chi connectivity index (χ1) is 13.6. The second-order valence-corrected chi connectivity index (χ2v) is 6.89. The smallest absolute Gasteiger partial charge is 0.229 e. The number of carbonyl (C=O) groups is 1. The number of methoxy groups -OCH3 is 1. The molecule has 0 spiro atoms. The first-order valence-electron chi connectivity index (χ1n) is 9.01. The number of ketones is 1. The van der Waals surface area contributed by atoms with Crippen LogP contribution in [0, 0.1) is 0 Å². The van der Waals surface area contributed by atoms with Gasteiger partial charge in [-0.05, 0) is 49.2 Å². The molecule has 28 heavy (non-hydrogen) atoms. The summed E-state index contributed by atoms with van der Waals surface area (Å²) in [6, 6.07) is 14.8. The first kappa shape index (κ1) is 18.3. The third-order valence-electron chi connectivity index (χ3n) is 4.54. The molecule has 0 amide bonds. The third-order valence-corrected chi connectivity index (χ3v) is 4.79. The van der Waals surface area contributed by atoms with Crippen LogP contribution in [0.5, 0.6) is 5.75 Å². The van der Waals surface area contributed by atoms with Gasteiger partial charge in [-0.2, -0.15) is 4.98 Å². The zero-order chi connectivity index (χ0) is 19.5. The number of aromatic nitrogens is 2. The molecule has 2 N–H and O–H groups in total. The van der Waals surface area contributed by atoms with Gasteiger partial charge in [0.15, 0.2) is 5.78 Å². The van der Waals surface area contributed by atoms with Gasteiger partial charge in [0.25, 0.3) is 0 Å². The number of carbonyl (C=O) groups excluding carboxylic acids is 1. The molecular weight excluding hydrogens is 376 g/mol. The van der Waals surface area contributed by atoms with Crippen molar-refractivity contribution in [1.82, 2.24) is 9.97 Å². The highest BCUT2D eigenvalue weighted by Crippen LogP contribution is 2.32. The molecule has 4 rings (SSSR count). The summed E-state index contributed by atoms with van der Waals surface area (Å²) in [4.78, 5) is 21.7. The van der Waals surface area contributed by atoms with Gasteiger partial charge < -0.3 is 15.4 Å². The van der Waals surface area contributed by atoms with Crippen molar-refractivity contribution in [2.45, 2.75) is 19.3 Å². The lowest BCUT2D eigenvalue weighted by atomic mass is 9.95. The minimum Gasteiger partial charge on any atom is -0.495 e. The fourth-order valence-corrected chi connectivity index (χ4v) is 3.33. The Morgan fingerprint density at radius 1 is 1.00 bits per heavy atom. The Labute approximate surface area is 167 Å². The van der Waals surface area contributed by atoms with Gasteiger partial charge in [0.1, 0.15) is 11.6 Å². The van der Waals surface area contributed by atoms with Crippen LogP contribution in [0.4, 0.5) is 23.1 Å². The maximum atomic E-state index is 12.6. The van der Waals surface area contributed by atoms with Crippen molar-refractivity contribution in [1.29, 1.82) is 0 Å². The Morgan fingerprint density at radius 2 is 1.79 bits per heavy atom. The maximum absolute atomic E-state index is 12.6. The number of fused-ring (bicyclic) bond motifs is 1. The summed E-state index contributed by atoms with van der Waals surface area (Å²) in [5.41, 5.74) is 2.86. The number of benzene rings is 2. The van der Waals surface area contributed by atoms with Crippen LogP contribution in [-0.4, -0.2) is 22.9 Å². The van der Waals surface area contributed by atoms with Crippen LogP contribution in [0.3, 0.4) is 0 Å². The minimum atomic E-state index is 0.0525. The molecule has 0 radical (unpaired) electrons. The summed E-state index contributed by atoms with van der Waals surface area (Å²) in [6.07, 6.45) is 2.03. The number of hydrogen-bond donors (Lipinski definition) is 2. The van der Waals surface area contributed by atoms with Gasteiger partial charge in [-0.1, -0.05) is 23.7 Å². The average Bonchev–Trinajstić information content (AvgIpc) is 2.70. The molecule has 0 saturated heterocycles. The molecule has 0 bridgehead atoms. The molecule has 2 aromatic carbocycles. The van der Waals surface area contributed by atoms with Gasteiger partial charge in [0.2, 0.25) is 5.95 Å². The van der Waals surface area contributed by atoms with Crippen LogP contribution in [0.2, 0.25) is 5.02 Å². The predicted molar refractivity (Wildman–Crippen MR) is 110 cm³/mol. The van der Waals surface area contributed by atoms with Gasteiger partial charge in [-0.3, -0.25) is 4.79 Å². The van der Waals surface area contributed by atoms with Crippen LogP contribution in [-0.2, 0) is 6.42 Å². The van der Waals surface area contributed by atoms with Crippen molar-refractivity contribution >= 4 is 40.5 Å². The number of hydrogen-bond acceptors (Lipinski definition) is 6. The van der Waals surface area contributed by atoms with Gasteiger partial charge >= 0.3 is 0 Å². The number of ether oxygens (including phenoxy) is 1. The number of aryl methyl sites for hydroxylation is 1. The highest BCUT2D eigenvalue weighted by Gasteiger charge is 2.25. The molecule has 1 aromatic heterocycles. The molecule has 3 aromatic rings. The van der Waals surface area contributed by atoms with E-state index in [0.717, 1.165) is 29.9 Å². The molecular formula is C21H19ClN4O2. The number of halogens is 1. The Kier molecular flexibility index (Phi) is 5.12. The molecule has 0 saturated carbocycles. The van der Waals surface area contributed by atoms with Gasteiger partial charge in [-0.25, -0.2) is 4.98 Å². The van der Waals surface area contributed by atoms with Crippen molar-refractivity contribution in [3.05, 3.63) is 64.8 Å². The quantitative estimate of drug-likeness (QED) is 0.623. The summed E-state index contributed by atoms with van der Waals surface area (Å²) in [5.74, 6) is 1.63. The van der Waals surface area contributed by atoms with Crippen molar-refractivity contribution in [2.24, 2.45) is 0 Å². The van der Waals surface area contributed by atoms with Crippen LogP contribution in [0.15, 0.2) is 48.5 Å². The van der Waals surface area contributed by atoms with Crippen molar-refractivity contribution in [3.63, 3.8) is 0 Å². The van der Waals surface area contributed by atoms with E-state index in [1.807, 2.05) is 36.4 Å². The average molecular weight is 395 g/mol. The molecule has 6 nitrogen and oxygen atoms in total. The monoisotopic (exact) mass is 394 g/mol. The van der Waals surface area contributed by atoms with E-state index in [2.05, 4.69) is 20.6 Å². The number of nitrogens with one attached hydrogen (secondary N) is 2. The van der Waals surface area contributed by atoms with E-state index in [4.69, 9.17) is 16.3 Å². The highest BCUT2D eigenvalue weighted by atomic mass is 35.5. The van der Waals surface area contributed by atoms with E-state index in [9.17, 15) is 4.79 Å². The van der Waals surface area contributed by atoms with Gasteiger partial charge in [0.05, 0.1) is 24.1 Å². The topological polar surface area (TPSA) is 76.1 Å². The number of para-hydroxylation sites is 2. The summed E-state index contributed by atoms with van der Waals surface area (Å²) in [5, 5.41) is 7.10. The molecule has 7 heteroatoms. The number of Topliss-reactive ketones (excluding diaryl/α,β-unsaturated/α-hetero) is 1. The third kappa shape index (κ3) is 3.77. The van der Waals surface area contributed by atoms with E-state index in [0.29, 0.717) is 34.5 Å². The fraction of sp³-hybridized carbons (Fsp3) is 0.190. The van der Waals surface area contributed by atoms with Crippen molar-refractivity contribution in [3.8, 4) is 5.75 Å². The van der Waals surface area contributed by atoms with E-state index < -0.39 is 0 Å². The van der Waals surface area contributed by atoms with Crippen LogP contribution >= 0.6 is 11.6 Å². The second-order valence-electron chi connectivity index (χ2n) is 6.45. The van der Waals surface area contributed by atoms with Crippen LogP contribution in [0.1, 0.15) is 28.9 Å². The van der Waals surface area contributed by atoms with E-state index in [1.165, 1.54) is 0 Å². The normalized spacial score (nSPS) is 13.0.